The Hall–Kier alpha value is -1.39. The lowest BCUT2D eigenvalue weighted by molar-refractivity contribution is -0.134. The molecule has 4 rings (SSSR count). The van der Waals surface area contributed by atoms with Gasteiger partial charge in [-0.3, -0.25) is 4.79 Å². The number of amides is 1. The standard InChI is InChI=1S/C29H45NO3/c1-19(12-15-30-16-14-28(3,4)27(30)33)24-10-11-25-21(7-6-13-29(24,25)5)8-9-22-17-23(31)18-26(32)20(22)2/h8-9,19,23-26,31-32H,2,6-7,10-18H2,1,3-5H3/b21-8+,22-9-/t19-,23-,24?,25?,26+,29-/m1/s1. The summed E-state index contributed by atoms with van der Waals surface area (Å²) in [6, 6.07) is 0. The molecule has 2 unspecified atom stereocenters. The van der Waals surface area contributed by atoms with E-state index in [2.05, 4.69) is 51.3 Å². The summed E-state index contributed by atoms with van der Waals surface area (Å²) in [5, 5.41) is 20.2. The first-order valence-electron chi connectivity index (χ1n) is 13.3. The van der Waals surface area contributed by atoms with Crippen molar-refractivity contribution in [3.05, 3.63) is 35.5 Å². The number of aliphatic hydroxyl groups excluding tert-OH is 2. The van der Waals surface area contributed by atoms with Crippen LogP contribution in [0.5, 0.6) is 0 Å². The van der Waals surface area contributed by atoms with Gasteiger partial charge in [0.2, 0.25) is 5.91 Å². The van der Waals surface area contributed by atoms with Gasteiger partial charge in [-0.2, -0.15) is 0 Å². The zero-order valence-electron chi connectivity index (χ0n) is 21.3. The van der Waals surface area contributed by atoms with Crippen LogP contribution in [0.1, 0.15) is 85.5 Å². The lowest BCUT2D eigenvalue weighted by Gasteiger charge is -2.44. The fourth-order valence-corrected chi connectivity index (χ4v) is 7.50. The number of likely N-dealkylation sites (tertiary alicyclic amines) is 1. The summed E-state index contributed by atoms with van der Waals surface area (Å²) < 4.78 is 0. The number of allylic oxidation sites excluding steroid dienone is 3. The molecule has 1 amide bonds. The van der Waals surface area contributed by atoms with E-state index in [0.29, 0.717) is 41.9 Å². The van der Waals surface area contributed by atoms with Crippen molar-refractivity contribution in [3.63, 3.8) is 0 Å². The minimum Gasteiger partial charge on any atom is -0.393 e. The third-order valence-corrected chi connectivity index (χ3v) is 9.72. The van der Waals surface area contributed by atoms with Gasteiger partial charge < -0.3 is 15.1 Å². The average molecular weight is 456 g/mol. The van der Waals surface area contributed by atoms with Gasteiger partial charge >= 0.3 is 0 Å². The van der Waals surface area contributed by atoms with Gasteiger partial charge in [0.05, 0.1) is 12.2 Å². The molecular formula is C29H45NO3. The number of fused-ring (bicyclic) bond motifs is 1. The Balaban J connectivity index is 1.43. The van der Waals surface area contributed by atoms with E-state index in [4.69, 9.17) is 0 Å². The number of hydrogen-bond acceptors (Lipinski definition) is 3. The van der Waals surface area contributed by atoms with Crippen LogP contribution in [-0.2, 0) is 4.79 Å². The van der Waals surface area contributed by atoms with Gasteiger partial charge in [-0.25, -0.2) is 0 Å². The van der Waals surface area contributed by atoms with Crippen LogP contribution in [0, 0.1) is 28.6 Å². The quantitative estimate of drug-likeness (QED) is 0.582. The Morgan fingerprint density at radius 1 is 1.18 bits per heavy atom. The second-order valence-corrected chi connectivity index (χ2v) is 12.4. The van der Waals surface area contributed by atoms with Gasteiger partial charge in [-0.1, -0.05) is 52.0 Å². The second-order valence-electron chi connectivity index (χ2n) is 12.4. The molecule has 0 aromatic heterocycles. The molecule has 0 radical (unpaired) electrons. The molecule has 4 heteroatoms. The minimum atomic E-state index is -0.625. The Labute approximate surface area is 200 Å². The van der Waals surface area contributed by atoms with Crippen molar-refractivity contribution in [2.24, 2.45) is 28.6 Å². The summed E-state index contributed by atoms with van der Waals surface area (Å²) in [4.78, 5) is 14.7. The van der Waals surface area contributed by atoms with Crippen molar-refractivity contribution in [1.29, 1.82) is 0 Å². The van der Waals surface area contributed by atoms with Crippen molar-refractivity contribution >= 4 is 5.91 Å². The fraction of sp³-hybridized carbons (Fsp3) is 0.759. The molecule has 3 aliphatic carbocycles. The van der Waals surface area contributed by atoms with Crippen molar-refractivity contribution in [3.8, 4) is 0 Å². The van der Waals surface area contributed by atoms with Gasteiger partial charge in [-0.05, 0) is 85.7 Å². The minimum absolute atomic E-state index is 0.180. The molecule has 1 saturated heterocycles. The number of carbonyl (C=O) groups excluding carboxylic acids is 1. The van der Waals surface area contributed by atoms with Crippen LogP contribution in [0.3, 0.4) is 0 Å². The van der Waals surface area contributed by atoms with E-state index in [9.17, 15) is 15.0 Å². The summed E-state index contributed by atoms with van der Waals surface area (Å²) in [6.07, 6.45) is 12.6. The molecular weight excluding hydrogens is 410 g/mol. The molecule has 0 bridgehead atoms. The average Bonchev–Trinajstić information content (AvgIpc) is 3.24. The number of aliphatic hydroxyl groups is 2. The highest BCUT2D eigenvalue weighted by molar-refractivity contribution is 5.83. The zero-order valence-corrected chi connectivity index (χ0v) is 21.3. The van der Waals surface area contributed by atoms with E-state index < -0.39 is 12.2 Å². The van der Waals surface area contributed by atoms with E-state index in [-0.39, 0.29) is 5.41 Å². The van der Waals surface area contributed by atoms with E-state index in [1.807, 2.05) is 0 Å². The number of nitrogens with zero attached hydrogens (tertiary/aromatic N) is 1. The van der Waals surface area contributed by atoms with Crippen LogP contribution in [-0.4, -0.2) is 46.3 Å². The first kappa shape index (κ1) is 24.7. The topological polar surface area (TPSA) is 60.8 Å². The van der Waals surface area contributed by atoms with Crippen LogP contribution in [0.4, 0.5) is 0 Å². The molecule has 1 aliphatic heterocycles. The van der Waals surface area contributed by atoms with Gasteiger partial charge in [-0.15, -0.1) is 0 Å². The highest BCUT2D eigenvalue weighted by atomic mass is 16.3. The fourth-order valence-electron chi connectivity index (χ4n) is 7.50. The van der Waals surface area contributed by atoms with Crippen LogP contribution in [0.15, 0.2) is 35.5 Å². The van der Waals surface area contributed by atoms with Gasteiger partial charge in [0.1, 0.15) is 0 Å². The Bertz CT molecular complexity index is 840. The largest absolute Gasteiger partial charge is 0.393 e. The molecule has 4 nitrogen and oxygen atoms in total. The zero-order chi connectivity index (χ0) is 24.0. The van der Waals surface area contributed by atoms with E-state index in [1.165, 1.54) is 25.7 Å². The lowest BCUT2D eigenvalue weighted by Crippen LogP contribution is -2.37. The highest BCUT2D eigenvalue weighted by Gasteiger charge is 2.50. The third-order valence-electron chi connectivity index (χ3n) is 9.72. The molecule has 6 atom stereocenters. The molecule has 1 heterocycles. The number of rotatable bonds is 5. The normalized spacial score (nSPS) is 40.0. The molecule has 0 aromatic rings. The molecule has 184 valence electrons. The first-order chi connectivity index (χ1) is 15.5. The summed E-state index contributed by atoms with van der Waals surface area (Å²) in [6.45, 7) is 15.0. The van der Waals surface area contributed by atoms with Crippen molar-refractivity contribution in [2.45, 2.75) is 97.7 Å². The molecule has 33 heavy (non-hydrogen) atoms. The predicted molar refractivity (Wildman–Crippen MR) is 133 cm³/mol. The Morgan fingerprint density at radius 2 is 1.94 bits per heavy atom. The van der Waals surface area contributed by atoms with E-state index in [1.54, 1.807) is 5.57 Å². The predicted octanol–water partition coefficient (Wildman–Crippen LogP) is 5.41. The summed E-state index contributed by atoms with van der Waals surface area (Å²) in [7, 11) is 0. The first-order valence-corrected chi connectivity index (χ1v) is 13.3. The molecule has 4 aliphatic rings. The maximum absolute atomic E-state index is 12.6. The summed E-state index contributed by atoms with van der Waals surface area (Å²) >= 11 is 0. The van der Waals surface area contributed by atoms with Crippen LogP contribution < -0.4 is 0 Å². The van der Waals surface area contributed by atoms with Crippen molar-refractivity contribution in [2.75, 3.05) is 13.1 Å². The molecule has 2 N–H and O–H groups in total. The van der Waals surface area contributed by atoms with Gasteiger partial charge in [0.25, 0.3) is 0 Å². The second kappa shape index (κ2) is 9.34. The number of carbonyl (C=O) groups is 1. The number of hydrogen-bond donors (Lipinski definition) is 2. The lowest BCUT2D eigenvalue weighted by atomic mass is 9.61. The van der Waals surface area contributed by atoms with E-state index in [0.717, 1.165) is 43.5 Å². The Kier molecular flexibility index (Phi) is 7.00. The van der Waals surface area contributed by atoms with Crippen molar-refractivity contribution < 1.29 is 15.0 Å². The third kappa shape index (κ3) is 4.75. The van der Waals surface area contributed by atoms with Crippen LogP contribution in [0.2, 0.25) is 0 Å². The SMILES string of the molecule is C=C1/C(=C\C=C2/CCC[C@@]3(C)C2CCC3[C@H](C)CCN2CCC(C)(C)C2=O)C[C@@H](O)C[C@@H]1O. The molecule has 4 fully saturated rings. The van der Waals surface area contributed by atoms with Crippen LogP contribution >= 0.6 is 0 Å². The smallest absolute Gasteiger partial charge is 0.228 e. The summed E-state index contributed by atoms with van der Waals surface area (Å²) in [5.74, 6) is 2.28. The monoisotopic (exact) mass is 455 g/mol. The maximum atomic E-state index is 12.6. The Morgan fingerprint density at radius 3 is 2.64 bits per heavy atom. The van der Waals surface area contributed by atoms with Crippen LogP contribution in [0.25, 0.3) is 0 Å². The van der Waals surface area contributed by atoms with E-state index >= 15 is 0 Å². The summed E-state index contributed by atoms with van der Waals surface area (Å²) in [5.41, 5.74) is 3.47. The molecule has 3 saturated carbocycles. The molecule has 0 aromatic carbocycles. The molecule has 0 spiro atoms. The van der Waals surface area contributed by atoms with Gasteiger partial charge in [0.15, 0.2) is 0 Å². The van der Waals surface area contributed by atoms with Gasteiger partial charge in [0, 0.05) is 24.9 Å². The highest BCUT2D eigenvalue weighted by Crippen LogP contribution is 2.59. The maximum Gasteiger partial charge on any atom is 0.228 e. The van der Waals surface area contributed by atoms with Crippen molar-refractivity contribution in [1.82, 2.24) is 4.90 Å².